The third-order valence-electron chi connectivity index (χ3n) is 5.82. The lowest BCUT2D eigenvalue weighted by atomic mass is 9.81. The zero-order valence-corrected chi connectivity index (χ0v) is 13.7. The van der Waals surface area contributed by atoms with Gasteiger partial charge in [-0.05, 0) is 71.1 Å². The van der Waals surface area contributed by atoms with Gasteiger partial charge >= 0.3 is 11.9 Å². The molecule has 0 aliphatic heterocycles. The molecular weight excluding hydrogens is 280 g/mol. The molecule has 2 bridgehead atoms. The molecule has 0 spiro atoms. The highest BCUT2D eigenvalue weighted by Gasteiger charge is 2.60. The normalized spacial score (nSPS) is 35.4. The molecule has 0 aromatic rings. The molecule has 3 aliphatic carbocycles. The molecule has 3 rings (SSSR count). The van der Waals surface area contributed by atoms with E-state index in [0.29, 0.717) is 11.5 Å². The van der Waals surface area contributed by atoms with Crippen molar-refractivity contribution in [3.8, 4) is 0 Å². The van der Waals surface area contributed by atoms with E-state index < -0.39 is 11.4 Å². The van der Waals surface area contributed by atoms with E-state index in [1.54, 1.807) is 6.92 Å². The summed E-state index contributed by atoms with van der Waals surface area (Å²) in [5.41, 5.74) is -0.550. The number of carbonyl (C=O) groups excluding carboxylic acids is 2. The molecule has 3 unspecified atom stereocenters. The Bertz CT molecular complexity index is 503. The number of esters is 2. The quantitative estimate of drug-likeness (QED) is 0.589. The summed E-state index contributed by atoms with van der Waals surface area (Å²) in [6, 6.07) is 0. The molecule has 0 heterocycles. The summed E-state index contributed by atoms with van der Waals surface area (Å²) in [6.07, 6.45) is 7.17. The summed E-state index contributed by atoms with van der Waals surface area (Å²) in [7, 11) is 0. The van der Waals surface area contributed by atoms with Crippen LogP contribution in [0.5, 0.6) is 0 Å². The molecule has 0 radical (unpaired) electrons. The zero-order chi connectivity index (χ0) is 16.0. The van der Waals surface area contributed by atoms with Crippen molar-refractivity contribution in [3.05, 3.63) is 12.2 Å². The maximum absolute atomic E-state index is 12.9. The van der Waals surface area contributed by atoms with E-state index in [4.69, 9.17) is 9.47 Å². The molecule has 3 saturated carbocycles. The summed E-state index contributed by atoms with van der Waals surface area (Å²) < 4.78 is 11.5. The number of carbonyl (C=O) groups is 2. The molecule has 3 atom stereocenters. The summed E-state index contributed by atoms with van der Waals surface area (Å²) in [5, 5.41) is 0. The summed E-state index contributed by atoms with van der Waals surface area (Å²) in [6.45, 7) is 7.30. The maximum atomic E-state index is 12.9. The van der Waals surface area contributed by atoms with Gasteiger partial charge in [-0.1, -0.05) is 6.58 Å². The third kappa shape index (κ3) is 2.57. The van der Waals surface area contributed by atoms with Crippen LogP contribution in [0.3, 0.4) is 0 Å². The fourth-order valence-electron chi connectivity index (χ4n) is 4.46. The van der Waals surface area contributed by atoms with Gasteiger partial charge in [0.25, 0.3) is 0 Å². The van der Waals surface area contributed by atoms with Gasteiger partial charge in [0, 0.05) is 5.57 Å². The minimum Gasteiger partial charge on any atom is -0.459 e. The Labute approximate surface area is 132 Å². The molecule has 0 aromatic carbocycles. The Kier molecular flexibility index (Phi) is 3.82. The number of hydrogen-bond acceptors (Lipinski definition) is 4. The molecule has 0 amide bonds. The summed E-state index contributed by atoms with van der Waals surface area (Å²) in [5.74, 6) is -0.0555. The highest BCUT2D eigenvalue weighted by Crippen LogP contribution is 2.56. The topological polar surface area (TPSA) is 52.6 Å². The van der Waals surface area contributed by atoms with Gasteiger partial charge in [0.2, 0.25) is 0 Å². The van der Waals surface area contributed by atoms with E-state index in [0.717, 1.165) is 51.4 Å². The number of hydrogen-bond donors (Lipinski definition) is 0. The van der Waals surface area contributed by atoms with E-state index >= 15 is 0 Å². The van der Waals surface area contributed by atoms with Crippen LogP contribution in [0.2, 0.25) is 0 Å². The second-order valence-electron chi connectivity index (χ2n) is 7.72. The average Bonchev–Trinajstić information content (AvgIpc) is 3.13. The molecule has 3 aliphatic rings. The van der Waals surface area contributed by atoms with Crippen LogP contribution < -0.4 is 0 Å². The first kappa shape index (κ1) is 15.6. The van der Waals surface area contributed by atoms with Crippen molar-refractivity contribution in [2.24, 2.45) is 11.3 Å². The van der Waals surface area contributed by atoms with Gasteiger partial charge in [-0.3, -0.25) is 4.79 Å². The van der Waals surface area contributed by atoms with Gasteiger partial charge in [0.05, 0.1) is 0 Å². The Morgan fingerprint density at radius 1 is 1.18 bits per heavy atom. The zero-order valence-electron chi connectivity index (χ0n) is 13.7. The van der Waals surface area contributed by atoms with E-state index in [2.05, 4.69) is 6.58 Å². The number of ether oxygens (including phenoxy) is 2. The largest absolute Gasteiger partial charge is 0.459 e. The predicted octanol–water partition coefficient (Wildman–Crippen LogP) is 3.54. The Morgan fingerprint density at radius 3 is 2.45 bits per heavy atom. The molecule has 0 N–H and O–H groups in total. The average molecular weight is 306 g/mol. The van der Waals surface area contributed by atoms with Crippen LogP contribution in [-0.4, -0.2) is 23.6 Å². The van der Waals surface area contributed by atoms with Crippen molar-refractivity contribution < 1.29 is 19.1 Å². The highest BCUT2D eigenvalue weighted by molar-refractivity contribution is 5.88. The van der Waals surface area contributed by atoms with Crippen molar-refractivity contribution in [2.45, 2.75) is 76.9 Å². The first-order valence-electron chi connectivity index (χ1n) is 8.45. The smallest absolute Gasteiger partial charge is 0.333 e. The van der Waals surface area contributed by atoms with Gasteiger partial charge in [0.1, 0.15) is 17.1 Å². The van der Waals surface area contributed by atoms with Crippen LogP contribution in [0.15, 0.2) is 12.2 Å². The first-order valence-corrected chi connectivity index (χ1v) is 8.45. The Balaban J connectivity index is 1.74. The fourth-order valence-corrected chi connectivity index (χ4v) is 4.46. The fraction of sp³-hybridized carbons (Fsp3) is 0.778. The van der Waals surface area contributed by atoms with Crippen LogP contribution in [0.25, 0.3) is 0 Å². The van der Waals surface area contributed by atoms with Gasteiger partial charge < -0.3 is 9.47 Å². The molecule has 4 nitrogen and oxygen atoms in total. The van der Waals surface area contributed by atoms with Crippen molar-refractivity contribution >= 4 is 11.9 Å². The van der Waals surface area contributed by atoms with E-state index in [1.165, 1.54) is 0 Å². The van der Waals surface area contributed by atoms with Crippen molar-refractivity contribution in [1.82, 2.24) is 0 Å². The number of fused-ring (bicyclic) bond motifs is 2. The standard InChI is InChI=1S/C18H26O4/c1-12(2)15(19)21-14-10-13-6-9-18(14,11-13)16(20)22-17(3)7-4-5-8-17/h13-14H,1,4-11H2,2-3H3. The molecule has 122 valence electrons. The lowest BCUT2D eigenvalue weighted by Gasteiger charge is -2.35. The summed E-state index contributed by atoms with van der Waals surface area (Å²) >= 11 is 0. The van der Waals surface area contributed by atoms with E-state index in [-0.39, 0.29) is 17.7 Å². The van der Waals surface area contributed by atoms with Crippen molar-refractivity contribution in [3.63, 3.8) is 0 Å². The Morgan fingerprint density at radius 2 is 1.86 bits per heavy atom. The molecule has 22 heavy (non-hydrogen) atoms. The predicted molar refractivity (Wildman–Crippen MR) is 82.1 cm³/mol. The molecular formula is C18H26O4. The SMILES string of the molecule is C=C(C)C(=O)OC1CC2CCC1(C(=O)OC1(C)CCCC1)C2. The monoisotopic (exact) mass is 306 g/mol. The third-order valence-corrected chi connectivity index (χ3v) is 5.82. The second kappa shape index (κ2) is 5.39. The van der Waals surface area contributed by atoms with Crippen LogP contribution in [0.4, 0.5) is 0 Å². The molecule has 3 fully saturated rings. The van der Waals surface area contributed by atoms with Crippen molar-refractivity contribution in [1.29, 1.82) is 0 Å². The highest BCUT2D eigenvalue weighted by atomic mass is 16.6. The molecule has 0 saturated heterocycles. The molecule has 0 aromatic heterocycles. The van der Waals surface area contributed by atoms with Gasteiger partial charge in [0.15, 0.2) is 0 Å². The lowest BCUT2D eigenvalue weighted by molar-refractivity contribution is -0.180. The van der Waals surface area contributed by atoms with Gasteiger partial charge in [-0.2, -0.15) is 0 Å². The van der Waals surface area contributed by atoms with Gasteiger partial charge in [-0.15, -0.1) is 0 Å². The lowest BCUT2D eigenvalue weighted by Crippen LogP contribution is -2.45. The maximum Gasteiger partial charge on any atom is 0.333 e. The van der Waals surface area contributed by atoms with Crippen LogP contribution >= 0.6 is 0 Å². The summed E-state index contributed by atoms with van der Waals surface area (Å²) in [4.78, 5) is 24.8. The first-order chi connectivity index (χ1) is 10.3. The van der Waals surface area contributed by atoms with Crippen molar-refractivity contribution in [2.75, 3.05) is 0 Å². The van der Waals surface area contributed by atoms with Crippen LogP contribution in [0, 0.1) is 11.3 Å². The second-order valence-corrected chi connectivity index (χ2v) is 7.72. The minimum atomic E-state index is -0.610. The van der Waals surface area contributed by atoms with E-state index in [9.17, 15) is 9.59 Å². The van der Waals surface area contributed by atoms with Crippen LogP contribution in [-0.2, 0) is 19.1 Å². The molecule has 4 heteroatoms. The van der Waals surface area contributed by atoms with Crippen LogP contribution in [0.1, 0.15) is 65.2 Å². The Hall–Kier alpha value is -1.32. The van der Waals surface area contributed by atoms with Gasteiger partial charge in [-0.25, -0.2) is 4.79 Å². The minimum absolute atomic E-state index is 0.142. The number of rotatable bonds is 4. The van der Waals surface area contributed by atoms with E-state index in [1.807, 2.05) is 6.92 Å².